The summed E-state index contributed by atoms with van der Waals surface area (Å²) < 4.78 is 2.24. The fraction of sp³-hybridized carbons (Fsp3) is 0.667. The van der Waals surface area contributed by atoms with Crippen molar-refractivity contribution >= 4 is 11.8 Å². The predicted molar refractivity (Wildman–Crippen MR) is 54.9 cm³/mol. The molecule has 2 rings (SSSR count). The molecule has 1 unspecified atom stereocenters. The molecule has 4 heteroatoms. The van der Waals surface area contributed by atoms with Gasteiger partial charge in [-0.15, -0.1) is 0 Å². The topological polar surface area (TPSA) is 43.8 Å². The van der Waals surface area contributed by atoms with Gasteiger partial charge in [0, 0.05) is 18.5 Å². The normalized spacial score (nSPS) is 17.4. The second-order valence-corrected chi connectivity index (χ2v) is 4.66. The molecule has 1 aromatic heterocycles. The summed E-state index contributed by atoms with van der Waals surface area (Å²) in [7, 11) is 0. The molecule has 2 N–H and O–H groups in total. The third-order valence-corrected chi connectivity index (χ3v) is 3.28. The SMILES string of the molecule is CC(CN)Cc1cn2c(n1)SCC2. The molecule has 13 heavy (non-hydrogen) atoms. The van der Waals surface area contributed by atoms with Crippen molar-refractivity contribution in [2.24, 2.45) is 11.7 Å². The van der Waals surface area contributed by atoms with Crippen molar-refractivity contribution < 1.29 is 0 Å². The van der Waals surface area contributed by atoms with Crippen molar-refractivity contribution in [3.05, 3.63) is 11.9 Å². The van der Waals surface area contributed by atoms with E-state index in [0.29, 0.717) is 5.92 Å². The van der Waals surface area contributed by atoms with Gasteiger partial charge in [-0.25, -0.2) is 4.98 Å². The van der Waals surface area contributed by atoms with Gasteiger partial charge in [-0.05, 0) is 18.9 Å². The van der Waals surface area contributed by atoms with Crippen LogP contribution in [0.4, 0.5) is 0 Å². The number of nitrogens with zero attached hydrogens (tertiary/aromatic N) is 2. The highest BCUT2D eigenvalue weighted by molar-refractivity contribution is 7.99. The van der Waals surface area contributed by atoms with Crippen molar-refractivity contribution in [3.63, 3.8) is 0 Å². The van der Waals surface area contributed by atoms with Crippen LogP contribution in [0, 0.1) is 5.92 Å². The van der Waals surface area contributed by atoms with Crippen molar-refractivity contribution in [1.29, 1.82) is 0 Å². The first-order chi connectivity index (χ1) is 6.29. The van der Waals surface area contributed by atoms with Crippen LogP contribution in [-0.4, -0.2) is 21.8 Å². The largest absolute Gasteiger partial charge is 0.330 e. The van der Waals surface area contributed by atoms with Crippen LogP contribution < -0.4 is 5.73 Å². The van der Waals surface area contributed by atoms with Crippen LogP contribution in [0.2, 0.25) is 0 Å². The van der Waals surface area contributed by atoms with E-state index in [1.165, 1.54) is 16.6 Å². The van der Waals surface area contributed by atoms with Crippen molar-refractivity contribution in [2.45, 2.75) is 25.0 Å². The maximum absolute atomic E-state index is 5.57. The average Bonchev–Trinajstić information content (AvgIpc) is 2.63. The van der Waals surface area contributed by atoms with Gasteiger partial charge in [0.1, 0.15) is 0 Å². The van der Waals surface area contributed by atoms with E-state index in [4.69, 9.17) is 5.73 Å². The van der Waals surface area contributed by atoms with E-state index in [1.54, 1.807) is 0 Å². The lowest BCUT2D eigenvalue weighted by atomic mass is 10.1. The Kier molecular flexibility index (Phi) is 2.60. The predicted octanol–water partition coefficient (Wildman–Crippen LogP) is 1.13. The first-order valence-corrected chi connectivity index (χ1v) is 5.67. The number of aromatic nitrogens is 2. The van der Waals surface area contributed by atoms with Gasteiger partial charge in [0.25, 0.3) is 0 Å². The van der Waals surface area contributed by atoms with Gasteiger partial charge in [0.15, 0.2) is 5.16 Å². The fourth-order valence-corrected chi connectivity index (χ4v) is 2.46. The molecule has 0 saturated heterocycles. The second-order valence-electron chi connectivity index (χ2n) is 3.60. The molecule has 1 aromatic rings. The van der Waals surface area contributed by atoms with Crippen LogP contribution in [0.25, 0.3) is 0 Å². The first kappa shape index (κ1) is 9.09. The van der Waals surface area contributed by atoms with E-state index in [9.17, 15) is 0 Å². The number of aryl methyl sites for hydroxylation is 1. The molecule has 0 amide bonds. The molecule has 0 bridgehead atoms. The van der Waals surface area contributed by atoms with E-state index in [2.05, 4.69) is 22.7 Å². The Morgan fingerprint density at radius 3 is 3.31 bits per heavy atom. The highest BCUT2D eigenvalue weighted by atomic mass is 32.2. The van der Waals surface area contributed by atoms with Gasteiger partial charge < -0.3 is 10.3 Å². The summed E-state index contributed by atoms with van der Waals surface area (Å²) in [6.45, 7) is 4.02. The summed E-state index contributed by atoms with van der Waals surface area (Å²) in [5.41, 5.74) is 6.77. The summed E-state index contributed by atoms with van der Waals surface area (Å²) in [4.78, 5) is 4.55. The van der Waals surface area contributed by atoms with Gasteiger partial charge in [0.2, 0.25) is 0 Å². The van der Waals surface area contributed by atoms with Gasteiger partial charge in [-0.3, -0.25) is 0 Å². The Hall–Kier alpha value is -0.480. The number of fused-ring (bicyclic) bond motifs is 1. The third kappa shape index (κ3) is 1.89. The van der Waals surface area contributed by atoms with Crippen LogP contribution in [0.3, 0.4) is 0 Å². The second kappa shape index (κ2) is 3.72. The number of thioether (sulfide) groups is 1. The minimum absolute atomic E-state index is 0.542. The zero-order valence-corrected chi connectivity index (χ0v) is 8.68. The summed E-state index contributed by atoms with van der Waals surface area (Å²) in [6.07, 6.45) is 3.18. The van der Waals surface area contributed by atoms with Crippen LogP contribution in [0.1, 0.15) is 12.6 Å². The van der Waals surface area contributed by atoms with E-state index < -0.39 is 0 Å². The number of hydrogen-bond donors (Lipinski definition) is 1. The molecular weight excluding hydrogens is 182 g/mol. The zero-order valence-electron chi connectivity index (χ0n) is 7.86. The molecule has 2 heterocycles. The Bertz CT molecular complexity index is 274. The maximum atomic E-state index is 5.57. The molecule has 0 radical (unpaired) electrons. The summed E-state index contributed by atoms with van der Waals surface area (Å²) in [6, 6.07) is 0. The Labute approximate surface area is 82.7 Å². The van der Waals surface area contributed by atoms with E-state index in [1.807, 2.05) is 11.8 Å². The van der Waals surface area contributed by atoms with Crippen LogP contribution in [-0.2, 0) is 13.0 Å². The van der Waals surface area contributed by atoms with Gasteiger partial charge >= 0.3 is 0 Å². The zero-order chi connectivity index (χ0) is 9.26. The highest BCUT2D eigenvalue weighted by Crippen LogP contribution is 2.25. The molecule has 0 saturated carbocycles. The quantitative estimate of drug-likeness (QED) is 0.790. The first-order valence-electron chi connectivity index (χ1n) is 4.68. The molecule has 1 aliphatic rings. The molecule has 1 aliphatic heterocycles. The Morgan fingerprint density at radius 1 is 1.77 bits per heavy atom. The van der Waals surface area contributed by atoms with Gasteiger partial charge in [-0.2, -0.15) is 0 Å². The lowest BCUT2D eigenvalue weighted by Crippen LogP contribution is -2.13. The monoisotopic (exact) mass is 197 g/mol. The minimum Gasteiger partial charge on any atom is -0.330 e. The number of imidazole rings is 1. The van der Waals surface area contributed by atoms with E-state index in [-0.39, 0.29) is 0 Å². The van der Waals surface area contributed by atoms with Crippen LogP contribution >= 0.6 is 11.8 Å². The molecule has 0 aliphatic carbocycles. The molecule has 0 fully saturated rings. The molecule has 0 aromatic carbocycles. The summed E-state index contributed by atoms with van der Waals surface area (Å²) in [5, 5.41) is 1.18. The molecule has 72 valence electrons. The van der Waals surface area contributed by atoms with Gasteiger partial charge in [-0.1, -0.05) is 18.7 Å². The van der Waals surface area contributed by atoms with E-state index >= 15 is 0 Å². The third-order valence-electron chi connectivity index (χ3n) is 2.31. The van der Waals surface area contributed by atoms with Crippen LogP contribution in [0.15, 0.2) is 11.4 Å². The maximum Gasteiger partial charge on any atom is 0.168 e. The average molecular weight is 197 g/mol. The smallest absolute Gasteiger partial charge is 0.168 e. The fourth-order valence-electron chi connectivity index (χ4n) is 1.50. The number of hydrogen-bond acceptors (Lipinski definition) is 3. The van der Waals surface area contributed by atoms with Crippen molar-refractivity contribution in [1.82, 2.24) is 9.55 Å². The van der Waals surface area contributed by atoms with Crippen molar-refractivity contribution in [2.75, 3.05) is 12.3 Å². The van der Waals surface area contributed by atoms with Gasteiger partial charge in [0.05, 0.1) is 5.69 Å². The lowest BCUT2D eigenvalue weighted by molar-refractivity contribution is 0.584. The minimum atomic E-state index is 0.542. The number of rotatable bonds is 3. The summed E-state index contributed by atoms with van der Waals surface area (Å²) in [5.74, 6) is 1.72. The highest BCUT2D eigenvalue weighted by Gasteiger charge is 2.14. The molecule has 1 atom stereocenters. The molecule has 3 nitrogen and oxygen atoms in total. The summed E-state index contributed by atoms with van der Waals surface area (Å²) >= 11 is 1.84. The lowest BCUT2D eigenvalue weighted by Gasteiger charge is -2.04. The Balaban J connectivity index is 2.06. The van der Waals surface area contributed by atoms with Crippen molar-refractivity contribution in [3.8, 4) is 0 Å². The number of nitrogens with two attached hydrogens (primary N) is 1. The molecular formula is C9H15N3S. The van der Waals surface area contributed by atoms with Crippen LogP contribution in [0.5, 0.6) is 0 Å². The Morgan fingerprint density at radius 2 is 2.62 bits per heavy atom. The standard InChI is InChI=1S/C9H15N3S/c1-7(5-10)4-8-6-12-2-3-13-9(12)11-8/h6-7H,2-5,10H2,1H3. The van der Waals surface area contributed by atoms with E-state index in [0.717, 1.165) is 19.5 Å². The molecule has 0 spiro atoms.